The summed E-state index contributed by atoms with van der Waals surface area (Å²) in [7, 11) is 1.40. The van der Waals surface area contributed by atoms with Crippen molar-refractivity contribution in [3.63, 3.8) is 0 Å². The fraction of sp³-hybridized carbons (Fsp3) is 0.333. The van der Waals surface area contributed by atoms with Crippen molar-refractivity contribution < 1.29 is 14.3 Å². The molecule has 8 heteroatoms. The molecule has 0 aliphatic carbocycles. The van der Waals surface area contributed by atoms with Crippen LogP contribution >= 0.6 is 11.8 Å². The smallest absolute Gasteiger partial charge is 0.338 e. The van der Waals surface area contributed by atoms with Crippen molar-refractivity contribution in [3.8, 4) is 0 Å². The van der Waals surface area contributed by atoms with E-state index in [1.165, 1.54) is 18.9 Å². The summed E-state index contributed by atoms with van der Waals surface area (Å²) in [6, 6.07) is 11.6. The Balaban J connectivity index is 1.61. The largest absolute Gasteiger partial charge is 0.466 e. The number of methoxy groups -OCH3 is 1. The summed E-state index contributed by atoms with van der Waals surface area (Å²) >= 11 is 1.48. The number of fused-ring (bicyclic) bond motifs is 1. The van der Waals surface area contributed by atoms with Gasteiger partial charge in [-0.3, -0.25) is 9.78 Å². The molecule has 4 rings (SSSR count). The maximum Gasteiger partial charge on any atom is 0.338 e. The predicted molar refractivity (Wildman–Crippen MR) is 139 cm³/mol. The van der Waals surface area contributed by atoms with Gasteiger partial charge in [-0.2, -0.15) is 0 Å². The fourth-order valence-corrected chi connectivity index (χ4v) is 5.30. The van der Waals surface area contributed by atoms with Gasteiger partial charge in [0.05, 0.1) is 30.8 Å². The molecule has 1 atom stereocenters. The Labute approximate surface area is 210 Å². The van der Waals surface area contributed by atoms with Crippen molar-refractivity contribution in [2.45, 2.75) is 46.1 Å². The zero-order chi connectivity index (χ0) is 24.9. The van der Waals surface area contributed by atoms with Crippen LogP contribution in [0.2, 0.25) is 0 Å². The number of aliphatic imine (C=N–C) groups is 1. The maximum atomic E-state index is 13.0. The number of carbonyl (C=O) groups excluding carboxylic acids is 2. The Hall–Kier alpha value is -3.39. The lowest BCUT2D eigenvalue weighted by atomic mass is 9.89. The van der Waals surface area contributed by atoms with Crippen LogP contribution in [-0.4, -0.2) is 40.6 Å². The molecule has 1 unspecified atom stereocenters. The van der Waals surface area contributed by atoms with Gasteiger partial charge in [0.25, 0.3) is 0 Å². The highest BCUT2D eigenvalue weighted by Gasteiger charge is 2.42. The lowest BCUT2D eigenvalue weighted by Gasteiger charge is -2.37. The monoisotopic (exact) mass is 490 g/mol. The third-order valence-corrected chi connectivity index (χ3v) is 7.02. The number of allylic oxidation sites excluding steroid dienone is 1. The third kappa shape index (κ3) is 5.32. The second kappa shape index (κ2) is 10.9. The molecular formula is C27H30N4O3S. The molecule has 3 heterocycles. The summed E-state index contributed by atoms with van der Waals surface area (Å²) in [5, 5.41) is 5.73. The molecule has 7 nitrogen and oxygen atoms in total. The highest BCUT2D eigenvalue weighted by Crippen LogP contribution is 2.46. The molecule has 1 aromatic heterocycles. The Morgan fingerprint density at radius 3 is 2.74 bits per heavy atom. The maximum absolute atomic E-state index is 13.0. The number of amides is 1. The van der Waals surface area contributed by atoms with Gasteiger partial charge >= 0.3 is 5.97 Å². The van der Waals surface area contributed by atoms with E-state index in [1.807, 2.05) is 49.3 Å². The van der Waals surface area contributed by atoms with E-state index in [0.717, 1.165) is 38.9 Å². The summed E-state index contributed by atoms with van der Waals surface area (Å²) in [5.41, 5.74) is 6.16. The standard InChI is InChI=1S/C27H30N4O3S/c1-5-22-24(26(33)34-4)25(21-14-17(2)9-10-18(21)3)31-20(16-35-27(31)30-22)15-23(32)29-13-11-19-8-6-7-12-28-19/h6-10,12,14,16,25H,5,11,13,15H2,1-4H3,(H,29,32). The first kappa shape index (κ1) is 24.7. The number of aromatic nitrogens is 1. The van der Waals surface area contributed by atoms with E-state index in [9.17, 15) is 9.59 Å². The Morgan fingerprint density at radius 2 is 2.03 bits per heavy atom. The Morgan fingerprint density at radius 1 is 1.20 bits per heavy atom. The van der Waals surface area contributed by atoms with Gasteiger partial charge in [0, 0.05) is 30.6 Å². The lowest BCUT2D eigenvalue weighted by molar-refractivity contribution is -0.136. The molecule has 0 fully saturated rings. The van der Waals surface area contributed by atoms with Crippen LogP contribution in [0.15, 0.2) is 70.0 Å². The molecule has 1 N–H and O–H groups in total. The molecule has 35 heavy (non-hydrogen) atoms. The highest BCUT2D eigenvalue weighted by atomic mass is 32.2. The topological polar surface area (TPSA) is 83.9 Å². The van der Waals surface area contributed by atoms with Gasteiger partial charge in [0.15, 0.2) is 5.17 Å². The minimum Gasteiger partial charge on any atom is -0.466 e. The van der Waals surface area contributed by atoms with E-state index >= 15 is 0 Å². The zero-order valence-electron chi connectivity index (χ0n) is 20.5. The lowest BCUT2D eigenvalue weighted by Crippen LogP contribution is -2.38. The summed E-state index contributed by atoms with van der Waals surface area (Å²) < 4.78 is 5.20. The Bertz CT molecular complexity index is 1220. The van der Waals surface area contributed by atoms with Gasteiger partial charge in [-0.1, -0.05) is 48.5 Å². The summed E-state index contributed by atoms with van der Waals surface area (Å²) in [4.78, 5) is 37.0. The first-order valence-corrected chi connectivity index (χ1v) is 12.6. The van der Waals surface area contributed by atoms with Crippen molar-refractivity contribution >= 4 is 28.8 Å². The number of nitrogens with zero attached hydrogens (tertiary/aromatic N) is 3. The number of aryl methyl sites for hydroxylation is 2. The number of amidine groups is 1. The van der Waals surface area contributed by atoms with Crippen LogP contribution in [0.4, 0.5) is 0 Å². The van der Waals surface area contributed by atoms with Crippen LogP contribution in [0.3, 0.4) is 0 Å². The van der Waals surface area contributed by atoms with E-state index in [2.05, 4.69) is 28.5 Å². The predicted octanol–water partition coefficient (Wildman–Crippen LogP) is 4.59. The van der Waals surface area contributed by atoms with E-state index in [1.54, 1.807) is 6.20 Å². The number of benzene rings is 1. The van der Waals surface area contributed by atoms with Crippen molar-refractivity contribution in [1.29, 1.82) is 0 Å². The number of thioether (sulfide) groups is 1. The number of hydrogen-bond acceptors (Lipinski definition) is 7. The van der Waals surface area contributed by atoms with Gasteiger partial charge in [-0.25, -0.2) is 9.79 Å². The quantitative estimate of drug-likeness (QED) is 0.545. The average Bonchev–Trinajstić information content (AvgIpc) is 3.26. The van der Waals surface area contributed by atoms with Crippen LogP contribution in [0.25, 0.3) is 0 Å². The number of esters is 1. The molecule has 2 aliphatic rings. The van der Waals surface area contributed by atoms with E-state index in [0.29, 0.717) is 25.0 Å². The van der Waals surface area contributed by atoms with Crippen LogP contribution in [0.5, 0.6) is 0 Å². The van der Waals surface area contributed by atoms with Gasteiger partial charge in [0.2, 0.25) is 5.91 Å². The van der Waals surface area contributed by atoms with Gasteiger partial charge in [-0.15, -0.1) is 0 Å². The molecular weight excluding hydrogens is 460 g/mol. The normalized spacial score (nSPS) is 17.0. The van der Waals surface area contributed by atoms with Crippen LogP contribution in [0.1, 0.15) is 48.2 Å². The van der Waals surface area contributed by atoms with Gasteiger partial charge in [-0.05, 0) is 48.9 Å². The molecule has 0 radical (unpaired) electrons. The van der Waals surface area contributed by atoms with E-state index in [-0.39, 0.29) is 12.3 Å². The van der Waals surface area contributed by atoms with E-state index in [4.69, 9.17) is 9.73 Å². The number of nitrogens with one attached hydrogen (secondary N) is 1. The molecule has 0 saturated heterocycles. The molecule has 2 aromatic rings. The zero-order valence-corrected chi connectivity index (χ0v) is 21.3. The molecule has 1 aromatic carbocycles. The minimum atomic E-state index is -0.410. The van der Waals surface area contributed by atoms with Crippen LogP contribution < -0.4 is 5.32 Å². The van der Waals surface area contributed by atoms with Crippen molar-refractivity contribution in [3.05, 3.63) is 87.4 Å². The van der Waals surface area contributed by atoms with Crippen molar-refractivity contribution in [2.75, 3.05) is 13.7 Å². The number of carbonyl (C=O) groups is 2. The first-order valence-electron chi connectivity index (χ1n) is 11.7. The van der Waals surface area contributed by atoms with Crippen LogP contribution in [0, 0.1) is 13.8 Å². The number of pyridine rings is 1. The first-order chi connectivity index (χ1) is 16.9. The van der Waals surface area contributed by atoms with Crippen LogP contribution in [-0.2, 0) is 20.7 Å². The molecule has 0 saturated carbocycles. The molecule has 0 spiro atoms. The fourth-order valence-electron chi connectivity index (χ4n) is 4.36. The number of ether oxygens (including phenoxy) is 1. The SMILES string of the molecule is CCC1=C(C(=O)OC)C(c2cc(C)ccc2C)N2C(CC(=O)NCCc3ccccn3)=CSC2=N1. The Kier molecular flexibility index (Phi) is 7.70. The minimum absolute atomic E-state index is 0.0846. The summed E-state index contributed by atoms with van der Waals surface area (Å²) in [6.07, 6.45) is 3.20. The molecule has 2 aliphatic heterocycles. The van der Waals surface area contributed by atoms with Crippen molar-refractivity contribution in [2.24, 2.45) is 4.99 Å². The van der Waals surface area contributed by atoms with Gasteiger partial charge < -0.3 is 15.0 Å². The summed E-state index contributed by atoms with van der Waals surface area (Å²) in [5.74, 6) is -0.481. The van der Waals surface area contributed by atoms with Gasteiger partial charge in [0.1, 0.15) is 0 Å². The molecule has 182 valence electrons. The molecule has 0 bridgehead atoms. The van der Waals surface area contributed by atoms with Crippen molar-refractivity contribution in [1.82, 2.24) is 15.2 Å². The summed E-state index contributed by atoms with van der Waals surface area (Å²) in [6.45, 7) is 6.57. The second-order valence-electron chi connectivity index (χ2n) is 8.56. The van der Waals surface area contributed by atoms with E-state index < -0.39 is 12.0 Å². The number of rotatable bonds is 8. The molecule has 1 amide bonds. The third-order valence-electron chi connectivity index (χ3n) is 6.13. The second-order valence-corrected chi connectivity index (χ2v) is 9.39. The average molecular weight is 491 g/mol. The highest BCUT2D eigenvalue weighted by molar-refractivity contribution is 8.16. The number of hydrogen-bond donors (Lipinski definition) is 1.